The van der Waals surface area contributed by atoms with Crippen molar-refractivity contribution < 1.29 is 33.2 Å². The maximum Gasteiger partial charge on any atom is 0.410 e. The average molecular weight is 576 g/mol. The van der Waals surface area contributed by atoms with Crippen LogP contribution in [0.2, 0.25) is 0 Å². The van der Waals surface area contributed by atoms with E-state index in [2.05, 4.69) is 0 Å². The Morgan fingerprint density at radius 3 is 1.90 bits per heavy atom. The number of benzene rings is 3. The lowest BCUT2D eigenvalue weighted by Gasteiger charge is -2.48. The van der Waals surface area contributed by atoms with E-state index in [0.717, 1.165) is 16.7 Å². The van der Waals surface area contributed by atoms with Crippen molar-refractivity contribution in [3.63, 3.8) is 0 Å². The highest BCUT2D eigenvalue weighted by molar-refractivity contribution is 5.68. The highest BCUT2D eigenvalue weighted by Crippen LogP contribution is 2.43. The third-order valence-corrected chi connectivity index (χ3v) is 7.42. The third-order valence-electron chi connectivity index (χ3n) is 7.42. The van der Waals surface area contributed by atoms with Gasteiger partial charge in [0.15, 0.2) is 6.29 Å². The molecule has 3 aromatic rings. The molecule has 2 bridgehead atoms. The number of carbonyl (C=O) groups is 1. The number of likely N-dealkylation sites (N-methyl/N-ethyl adjacent to an activating group) is 1. The van der Waals surface area contributed by atoms with E-state index in [1.54, 1.807) is 7.05 Å². The van der Waals surface area contributed by atoms with Gasteiger partial charge in [0, 0.05) is 7.05 Å². The van der Waals surface area contributed by atoms with Crippen LogP contribution in [0, 0.1) is 0 Å². The van der Waals surface area contributed by atoms with Crippen molar-refractivity contribution in [2.75, 3.05) is 20.3 Å². The summed E-state index contributed by atoms with van der Waals surface area (Å²) in [6, 6.07) is 29.3. The minimum absolute atomic E-state index is 0.228. The van der Waals surface area contributed by atoms with Gasteiger partial charge in [-0.05, 0) is 37.5 Å². The average Bonchev–Trinajstić information content (AvgIpc) is 3.36. The first-order valence-corrected chi connectivity index (χ1v) is 14.4. The first-order chi connectivity index (χ1) is 20.2. The highest BCUT2D eigenvalue weighted by atomic mass is 16.8. The number of ether oxygens (including phenoxy) is 6. The van der Waals surface area contributed by atoms with Crippen LogP contribution in [0.15, 0.2) is 91.0 Å². The number of amides is 1. The molecule has 2 fully saturated rings. The predicted octanol–water partition coefficient (Wildman–Crippen LogP) is 5.73. The fraction of sp³-hybridized carbons (Fsp3) is 0.441. The van der Waals surface area contributed by atoms with Crippen molar-refractivity contribution in [1.29, 1.82) is 0 Å². The Morgan fingerprint density at radius 1 is 0.833 bits per heavy atom. The lowest BCUT2D eigenvalue weighted by molar-refractivity contribution is -0.275. The van der Waals surface area contributed by atoms with Gasteiger partial charge in [-0.25, -0.2) is 4.79 Å². The zero-order valence-electron chi connectivity index (χ0n) is 24.8. The first kappa shape index (κ1) is 30.2. The Bertz CT molecular complexity index is 1270. The predicted molar refractivity (Wildman–Crippen MR) is 157 cm³/mol. The molecule has 2 heterocycles. The maximum atomic E-state index is 13.3. The van der Waals surface area contributed by atoms with Gasteiger partial charge in [0.2, 0.25) is 0 Å². The molecule has 224 valence electrons. The molecule has 0 spiro atoms. The quantitative estimate of drug-likeness (QED) is 0.289. The topological polar surface area (TPSA) is 75.7 Å². The van der Waals surface area contributed by atoms with E-state index in [4.69, 9.17) is 28.4 Å². The van der Waals surface area contributed by atoms with Gasteiger partial charge in [0.25, 0.3) is 0 Å². The number of rotatable bonds is 11. The zero-order chi connectivity index (χ0) is 29.6. The SMILES string of the molecule is CN(C(=O)OC(C)(C)C)C1C2OCC(COCc3ccccc3)(O2)C(OCc2ccccc2)C1OCc1ccccc1. The summed E-state index contributed by atoms with van der Waals surface area (Å²) in [6.45, 7) is 7.04. The van der Waals surface area contributed by atoms with Crippen LogP contribution in [0.5, 0.6) is 0 Å². The Morgan fingerprint density at radius 2 is 1.36 bits per heavy atom. The van der Waals surface area contributed by atoms with Gasteiger partial charge in [0.1, 0.15) is 29.5 Å². The molecule has 5 unspecified atom stereocenters. The molecule has 8 heteroatoms. The second-order valence-corrected chi connectivity index (χ2v) is 11.9. The Hall–Kier alpha value is -3.27. The largest absolute Gasteiger partial charge is 0.444 e. The second-order valence-electron chi connectivity index (χ2n) is 11.9. The van der Waals surface area contributed by atoms with E-state index in [1.165, 1.54) is 4.90 Å². The van der Waals surface area contributed by atoms with Crippen LogP contribution in [0.3, 0.4) is 0 Å². The summed E-state index contributed by atoms with van der Waals surface area (Å²) in [5.74, 6) is 0. The Balaban J connectivity index is 1.45. The molecular formula is C34H41NO7. The van der Waals surface area contributed by atoms with E-state index in [-0.39, 0.29) is 13.2 Å². The number of fused-ring (bicyclic) bond motifs is 2. The normalized spacial score (nSPS) is 25.2. The van der Waals surface area contributed by atoms with Crippen LogP contribution in [-0.2, 0) is 48.2 Å². The molecule has 8 nitrogen and oxygen atoms in total. The number of carbonyl (C=O) groups excluding carboxylic acids is 1. The van der Waals surface area contributed by atoms with Crippen LogP contribution in [0.1, 0.15) is 37.5 Å². The van der Waals surface area contributed by atoms with Gasteiger partial charge in [-0.2, -0.15) is 0 Å². The molecule has 2 saturated heterocycles. The van der Waals surface area contributed by atoms with Crippen LogP contribution in [0.25, 0.3) is 0 Å². The Labute approximate surface area is 248 Å². The maximum absolute atomic E-state index is 13.3. The summed E-state index contributed by atoms with van der Waals surface area (Å²) in [4.78, 5) is 14.8. The molecule has 0 aromatic heterocycles. The van der Waals surface area contributed by atoms with Crippen molar-refractivity contribution >= 4 is 6.09 Å². The van der Waals surface area contributed by atoms with E-state index >= 15 is 0 Å². The van der Waals surface area contributed by atoms with Crippen LogP contribution < -0.4 is 0 Å². The summed E-state index contributed by atoms with van der Waals surface area (Å²) >= 11 is 0. The molecule has 5 rings (SSSR count). The molecule has 42 heavy (non-hydrogen) atoms. The first-order valence-electron chi connectivity index (χ1n) is 14.4. The molecule has 0 N–H and O–H groups in total. The van der Waals surface area contributed by atoms with E-state index in [0.29, 0.717) is 19.8 Å². The van der Waals surface area contributed by atoms with E-state index in [1.807, 2.05) is 112 Å². The monoisotopic (exact) mass is 575 g/mol. The summed E-state index contributed by atoms with van der Waals surface area (Å²) in [5.41, 5.74) is 1.46. The zero-order valence-corrected chi connectivity index (χ0v) is 24.8. The van der Waals surface area contributed by atoms with Crippen molar-refractivity contribution in [3.05, 3.63) is 108 Å². The smallest absolute Gasteiger partial charge is 0.410 e. The number of nitrogens with zero attached hydrogens (tertiary/aromatic N) is 1. The highest BCUT2D eigenvalue weighted by Gasteiger charge is 2.63. The van der Waals surface area contributed by atoms with Crippen molar-refractivity contribution in [2.24, 2.45) is 0 Å². The van der Waals surface area contributed by atoms with Crippen LogP contribution in [0.4, 0.5) is 4.79 Å². The molecule has 0 aliphatic carbocycles. The molecular weight excluding hydrogens is 534 g/mol. The molecule has 5 atom stereocenters. The number of hydrogen-bond donors (Lipinski definition) is 0. The van der Waals surface area contributed by atoms with Crippen molar-refractivity contribution in [2.45, 2.75) is 76.3 Å². The minimum atomic E-state index is -0.944. The van der Waals surface area contributed by atoms with Crippen LogP contribution >= 0.6 is 0 Å². The van der Waals surface area contributed by atoms with E-state index in [9.17, 15) is 4.79 Å². The standard InChI is InChI=1S/C34H41NO7/c1-33(2,3)42-32(36)35(4)28-29(38-21-26-16-10-6-11-17-26)30(39-22-27-18-12-7-13-19-27)34(24-40-31(28)41-34)23-37-20-25-14-8-5-9-15-25/h5-19,28-31H,20-24H2,1-4H3. The van der Waals surface area contributed by atoms with Gasteiger partial charge in [-0.3, -0.25) is 0 Å². The fourth-order valence-electron chi connectivity index (χ4n) is 5.37. The third kappa shape index (κ3) is 7.38. The summed E-state index contributed by atoms with van der Waals surface area (Å²) in [5, 5.41) is 0. The van der Waals surface area contributed by atoms with Crippen molar-refractivity contribution in [1.82, 2.24) is 4.90 Å². The molecule has 2 aliphatic heterocycles. The molecule has 3 aromatic carbocycles. The molecule has 1 amide bonds. The van der Waals surface area contributed by atoms with Gasteiger partial charge in [-0.1, -0.05) is 91.0 Å². The lowest BCUT2D eigenvalue weighted by atomic mass is 9.87. The molecule has 2 aliphatic rings. The number of hydrogen-bond acceptors (Lipinski definition) is 7. The summed E-state index contributed by atoms with van der Waals surface area (Å²) in [7, 11) is 1.69. The Kier molecular flexibility index (Phi) is 9.60. The summed E-state index contributed by atoms with van der Waals surface area (Å²) in [6.07, 6.45) is -2.46. The van der Waals surface area contributed by atoms with Crippen molar-refractivity contribution in [3.8, 4) is 0 Å². The van der Waals surface area contributed by atoms with Gasteiger partial charge < -0.3 is 33.3 Å². The van der Waals surface area contributed by atoms with Crippen LogP contribution in [-0.4, -0.2) is 67.0 Å². The fourth-order valence-corrected chi connectivity index (χ4v) is 5.37. The van der Waals surface area contributed by atoms with E-state index < -0.39 is 41.8 Å². The minimum Gasteiger partial charge on any atom is -0.444 e. The summed E-state index contributed by atoms with van der Waals surface area (Å²) < 4.78 is 38.2. The van der Waals surface area contributed by atoms with Gasteiger partial charge in [-0.15, -0.1) is 0 Å². The molecule has 0 radical (unpaired) electrons. The lowest BCUT2D eigenvalue weighted by Crippen LogP contribution is -2.68. The van der Waals surface area contributed by atoms with Gasteiger partial charge >= 0.3 is 6.09 Å². The molecule has 0 saturated carbocycles. The van der Waals surface area contributed by atoms with Gasteiger partial charge in [0.05, 0.1) is 33.0 Å². The second kappa shape index (κ2) is 13.4.